The van der Waals surface area contributed by atoms with Crippen LogP contribution in [0, 0.1) is 13.8 Å². The van der Waals surface area contributed by atoms with Gasteiger partial charge in [-0.1, -0.05) is 38.0 Å². The molecule has 23 heavy (non-hydrogen) atoms. The zero-order valence-electron chi connectivity index (χ0n) is 14.9. The maximum atomic E-state index is 5.97. The fraction of sp³-hybridized carbons (Fsp3) is 0.400. The molecular formula is C20H29BN2. The van der Waals surface area contributed by atoms with E-state index < -0.39 is 0 Å². The summed E-state index contributed by atoms with van der Waals surface area (Å²) in [6, 6.07) is 4.64. The zero-order valence-corrected chi connectivity index (χ0v) is 14.9. The van der Waals surface area contributed by atoms with E-state index in [-0.39, 0.29) is 6.04 Å². The summed E-state index contributed by atoms with van der Waals surface area (Å²) in [6.07, 6.45) is 8.18. The van der Waals surface area contributed by atoms with Gasteiger partial charge in [-0.05, 0) is 68.0 Å². The van der Waals surface area contributed by atoms with Gasteiger partial charge >= 0.3 is 0 Å². The van der Waals surface area contributed by atoms with Gasteiger partial charge in [0.2, 0.25) is 0 Å². The van der Waals surface area contributed by atoms with Crippen LogP contribution in [0.1, 0.15) is 37.0 Å². The molecule has 1 aromatic carbocycles. The van der Waals surface area contributed by atoms with E-state index in [0.29, 0.717) is 6.32 Å². The first-order chi connectivity index (χ1) is 10.9. The molecule has 0 saturated carbocycles. The molecule has 0 spiro atoms. The number of benzene rings is 1. The molecular weight excluding hydrogens is 279 g/mol. The van der Waals surface area contributed by atoms with E-state index >= 15 is 0 Å². The number of hydrogen-bond donors (Lipinski definition) is 2. The third-order valence-corrected chi connectivity index (χ3v) is 4.01. The highest BCUT2D eigenvalue weighted by molar-refractivity contribution is 6.09. The highest BCUT2D eigenvalue weighted by Crippen LogP contribution is 2.24. The largest absolute Gasteiger partial charge is 0.402 e. The molecule has 1 unspecified atom stereocenters. The summed E-state index contributed by atoms with van der Waals surface area (Å²) in [7, 11) is 5.97. The minimum atomic E-state index is 0.164. The number of nitrogens with one attached hydrogen (secondary N) is 1. The minimum absolute atomic E-state index is 0.164. The van der Waals surface area contributed by atoms with E-state index in [1.807, 2.05) is 25.2 Å². The lowest BCUT2D eigenvalue weighted by molar-refractivity contribution is 0.790. The Bertz CT molecular complexity index is 596. The molecule has 0 saturated heterocycles. The van der Waals surface area contributed by atoms with Crippen LogP contribution >= 0.6 is 0 Å². The topological polar surface area (TPSA) is 38.0 Å². The van der Waals surface area contributed by atoms with Crippen molar-refractivity contribution in [3.05, 3.63) is 64.9 Å². The summed E-state index contributed by atoms with van der Waals surface area (Å²) in [5, 5.41) is 3.59. The molecule has 0 bridgehead atoms. The molecule has 0 aliphatic carbocycles. The Morgan fingerprint density at radius 2 is 2.00 bits per heavy atom. The molecule has 3 heteroatoms. The normalized spacial score (nSPS) is 13.7. The van der Waals surface area contributed by atoms with Crippen LogP contribution in [-0.2, 0) is 6.42 Å². The summed E-state index contributed by atoms with van der Waals surface area (Å²) in [5.74, 6) is 0. The Balaban J connectivity index is 2.94. The highest BCUT2D eigenvalue weighted by Gasteiger charge is 2.10. The summed E-state index contributed by atoms with van der Waals surface area (Å²) < 4.78 is 0. The van der Waals surface area contributed by atoms with Gasteiger partial charge in [0.1, 0.15) is 0 Å². The van der Waals surface area contributed by atoms with E-state index in [2.05, 4.69) is 44.8 Å². The first-order valence-corrected chi connectivity index (χ1v) is 8.23. The average Bonchev–Trinajstić information content (AvgIpc) is 2.52. The first-order valence-electron chi connectivity index (χ1n) is 8.23. The maximum absolute atomic E-state index is 5.97. The predicted molar refractivity (Wildman–Crippen MR) is 104 cm³/mol. The summed E-state index contributed by atoms with van der Waals surface area (Å²) in [5.41, 5.74) is 12.7. The summed E-state index contributed by atoms with van der Waals surface area (Å²) in [6.45, 7) is 12.2. The van der Waals surface area contributed by atoms with Gasteiger partial charge in [0.25, 0.3) is 0 Å². The number of aryl methyl sites for hydroxylation is 3. The molecule has 0 aliphatic rings. The molecule has 0 amide bonds. The van der Waals surface area contributed by atoms with E-state index in [4.69, 9.17) is 13.6 Å². The molecule has 3 N–H and O–H groups in total. The van der Waals surface area contributed by atoms with Crippen LogP contribution in [-0.4, -0.2) is 13.9 Å². The fourth-order valence-electron chi connectivity index (χ4n) is 2.59. The van der Waals surface area contributed by atoms with E-state index in [1.54, 1.807) is 0 Å². The lowest BCUT2D eigenvalue weighted by Gasteiger charge is -2.22. The first kappa shape index (κ1) is 19.2. The number of anilines is 1. The van der Waals surface area contributed by atoms with Crippen LogP contribution in [0.25, 0.3) is 0 Å². The molecule has 1 aromatic rings. The molecule has 0 aliphatic heterocycles. The van der Waals surface area contributed by atoms with Crippen LogP contribution in [0.2, 0.25) is 6.32 Å². The van der Waals surface area contributed by atoms with Crippen molar-refractivity contribution in [2.45, 2.75) is 52.9 Å². The fourth-order valence-corrected chi connectivity index (χ4v) is 2.59. The van der Waals surface area contributed by atoms with E-state index in [9.17, 15) is 0 Å². The Morgan fingerprint density at radius 1 is 1.30 bits per heavy atom. The van der Waals surface area contributed by atoms with E-state index in [0.717, 1.165) is 29.8 Å². The number of allylic oxidation sites excluding steroid dienone is 4. The van der Waals surface area contributed by atoms with Gasteiger partial charge in [-0.15, -0.1) is 0 Å². The summed E-state index contributed by atoms with van der Waals surface area (Å²) in [4.78, 5) is 0. The van der Waals surface area contributed by atoms with Gasteiger partial charge in [0, 0.05) is 17.4 Å². The molecule has 0 heterocycles. The van der Waals surface area contributed by atoms with Gasteiger partial charge < -0.3 is 11.1 Å². The molecule has 1 atom stereocenters. The lowest BCUT2D eigenvalue weighted by atomic mass is 9.91. The zero-order chi connectivity index (χ0) is 17.4. The van der Waals surface area contributed by atoms with Gasteiger partial charge in [-0.2, -0.15) is 0 Å². The quantitative estimate of drug-likeness (QED) is 0.544. The molecule has 1 rings (SSSR count). The smallest absolute Gasteiger partial charge is 0.0680 e. The second-order valence-electron chi connectivity index (χ2n) is 6.08. The van der Waals surface area contributed by atoms with Gasteiger partial charge in [0.15, 0.2) is 0 Å². The van der Waals surface area contributed by atoms with Crippen molar-refractivity contribution in [2.75, 3.05) is 5.32 Å². The molecule has 0 aromatic heterocycles. The monoisotopic (exact) mass is 308 g/mol. The van der Waals surface area contributed by atoms with Crippen LogP contribution < -0.4 is 11.1 Å². The molecule has 2 radical (unpaired) electrons. The van der Waals surface area contributed by atoms with Crippen LogP contribution in [0.3, 0.4) is 0 Å². The van der Waals surface area contributed by atoms with Gasteiger partial charge in [-0.3, -0.25) is 0 Å². The number of rotatable bonds is 8. The average molecular weight is 308 g/mol. The molecule has 122 valence electrons. The van der Waals surface area contributed by atoms with E-state index in [1.165, 1.54) is 16.7 Å². The third kappa shape index (κ3) is 6.01. The van der Waals surface area contributed by atoms with Crippen molar-refractivity contribution >= 4 is 13.5 Å². The molecule has 0 fully saturated rings. The third-order valence-electron chi connectivity index (χ3n) is 4.01. The Labute approximate surface area is 143 Å². The minimum Gasteiger partial charge on any atom is -0.402 e. The van der Waals surface area contributed by atoms with Crippen molar-refractivity contribution in [2.24, 2.45) is 5.73 Å². The predicted octanol–water partition coefficient (Wildman–Crippen LogP) is 4.60. The van der Waals surface area contributed by atoms with Crippen molar-refractivity contribution in [1.29, 1.82) is 0 Å². The number of nitrogens with two attached hydrogens (primary N) is 1. The summed E-state index contributed by atoms with van der Waals surface area (Å²) >= 11 is 0. The van der Waals surface area contributed by atoms with Gasteiger partial charge in [0.05, 0.1) is 7.85 Å². The maximum Gasteiger partial charge on any atom is 0.0680 e. The second kappa shape index (κ2) is 9.29. The van der Waals surface area contributed by atoms with Crippen molar-refractivity contribution in [1.82, 2.24) is 0 Å². The Kier molecular flexibility index (Phi) is 7.74. The van der Waals surface area contributed by atoms with Crippen LogP contribution in [0.4, 0.5) is 5.69 Å². The Hall–Kier alpha value is -1.90. The Morgan fingerprint density at radius 3 is 2.52 bits per heavy atom. The van der Waals surface area contributed by atoms with Crippen molar-refractivity contribution in [3.8, 4) is 0 Å². The van der Waals surface area contributed by atoms with Crippen molar-refractivity contribution < 1.29 is 0 Å². The standard InChI is InChI=1S/C20H29BN2/c1-6-17(9-8-16(5)22)11-19(13-21)23-20-12-18(7-2)14(3)10-15(20)4/h6,8-10,12,19,23H,1,7,11,13,22H2,2-5H3/b16-8-,17-9+. The SMILES string of the molecule is [B]CC(C/C(C=C)=C/C=C(/C)N)Nc1cc(CC)c(C)cc1C. The van der Waals surface area contributed by atoms with Gasteiger partial charge in [-0.25, -0.2) is 0 Å². The van der Waals surface area contributed by atoms with Crippen molar-refractivity contribution in [3.63, 3.8) is 0 Å². The number of hydrogen-bond acceptors (Lipinski definition) is 2. The molecule has 2 nitrogen and oxygen atoms in total. The van der Waals surface area contributed by atoms with Crippen LogP contribution in [0.15, 0.2) is 48.2 Å². The second-order valence-corrected chi connectivity index (χ2v) is 6.08. The highest BCUT2D eigenvalue weighted by atomic mass is 14.9. The van der Waals surface area contributed by atoms with Crippen LogP contribution in [0.5, 0.6) is 0 Å². The lowest BCUT2D eigenvalue weighted by Crippen LogP contribution is -2.20.